The Balaban J connectivity index is 1.63. The van der Waals surface area contributed by atoms with Crippen molar-refractivity contribution >= 4 is 9.84 Å². The van der Waals surface area contributed by atoms with Crippen molar-refractivity contribution in [2.75, 3.05) is 18.1 Å². The van der Waals surface area contributed by atoms with Crippen LogP contribution in [0.15, 0.2) is 0 Å². The van der Waals surface area contributed by atoms with E-state index in [1.807, 2.05) is 0 Å². The predicted molar refractivity (Wildman–Crippen MR) is 74.9 cm³/mol. The molecule has 1 spiro atoms. The van der Waals surface area contributed by atoms with Gasteiger partial charge in [0.15, 0.2) is 9.84 Å². The average molecular weight is 287 g/mol. The normalized spacial score (nSPS) is 39.5. The molecule has 1 N–H and O–H groups in total. The van der Waals surface area contributed by atoms with Gasteiger partial charge in [0.1, 0.15) is 0 Å². The van der Waals surface area contributed by atoms with E-state index < -0.39 is 9.84 Å². The van der Waals surface area contributed by atoms with Crippen LogP contribution in [0.5, 0.6) is 0 Å². The third-order valence-electron chi connectivity index (χ3n) is 5.36. The predicted octanol–water partition coefficient (Wildman–Crippen LogP) is 1.50. The van der Waals surface area contributed by atoms with E-state index >= 15 is 0 Å². The zero-order valence-corrected chi connectivity index (χ0v) is 12.5. The standard InChI is InChI=1S/C14H25NO3S/c1-2-18-13-9-12(14(13)6-3-4-7-14)15-11-5-8-19(16,17)10-11/h11-13,15H,2-10H2,1H3. The van der Waals surface area contributed by atoms with E-state index in [9.17, 15) is 8.42 Å². The van der Waals surface area contributed by atoms with Gasteiger partial charge in [-0.1, -0.05) is 12.8 Å². The molecule has 0 aromatic heterocycles. The van der Waals surface area contributed by atoms with Crippen molar-refractivity contribution in [2.45, 2.75) is 63.6 Å². The molecule has 0 aromatic rings. The smallest absolute Gasteiger partial charge is 0.151 e. The maximum atomic E-state index is 11.5. The Morgan fingerprint density at radius 1 is 1.32 bits per heavy atom. The summed E-state index contributed by atoms with van der Waals surface area (Å²) in [5.41, 5.74) is 0.308. The van der Waals surface area contributed by atoms with Gasteiger partial charge in [-0.3, -0.25) is 0 Å². The first-order valence-corrected chi connectivity index (χ1v) is 9.46. The minimum Gasteiger partial charge on any atom is -0.378 e. The molecule has 0 aromatic carbocycles. The van der Waals surface area contributed by atoms with Crippen molar-refractivity contribution < 1.29 is 13.2 Å². The van der Waals surface area contributed by atoms with E-state index in [-0.39, 0.29) is 6.04 Å². The molecule has 3 aliphatic rings. The molecule has 1 heterocycles. The molecular weight excluding hydrogens is 262 g/mol. The lowest BCUT2D eigenvalue weighted by Crippen LogP contribution is -2.64. The summed E-state index contributed by atoms with van der Waals surface area (Å²) in [7, 11) is -2.78. The van der Waals surface area contributed by atoms with Gasteiger partial charge in [-0.25, -0.2) is 8.42 Å². The Kier molecular flexibility index (Phi) is 3.65. The number of nitrogens with one attached hydrogen (secondary N) is 1. The highest BCUT2D eigenvalue weighted by atomic mass is 32.2. The number of hydrogen-bond acceptors (Lipinski definition) is 4. The third-order valence-corrected chi connectivity index (χ3v) is 7.12. The molecule has 3 fully saturated rings. The first kappa shape index (κ1) is 13.8. The van der Waals surface area contributed by atoms with Crippen LogP contribution in [0.1, 0.15) is 45.4 Å². The topological polar surface area (TPSA) is 55.4 Å². The summed E-state index contributed by atoms with van der Waals surface area (Å²) >= 11 is 0. The van der Waals surface area contributed by atoms with E-state index in [1.165, 1.54) is 25.7 Å². The van der Waals surface area contributed by atoms with Crippen LogP contribution in [0.4, 0.5) is 0 Å². The summed E-state index contributed by atoms with van der Waals surface area (Å²) in [6, 6.07) is 0.653. The molecule has 0 radical (unpaired) electrons. The summed E-state index contributed by atoms with van der Waals surface area (Å²) < 4.78 is 29.0. The minimum absolute atomic E-state index is 0.176. The second-order valence-electron chi connectivity index (χ2n) is 6.44. The average Bonchev–Trinajstić information content (AvgIpc) is 2.96. The molecule has 2 saturated carbocycles. The molecule has 1 saturated heterocycles. The van der Waals surface area contributed by atoms with Gasteiger partial charge >= 0.3 is 0 Å². The number of hydrogen-bond donors (Lipinski definition) is 1. The van der Waals surface area contributed by atoms with Gasteiger partial charge in [0, 0.05) is 24.1 Å². The quantitative estimate of drug-likeness (QED) is 0.851. The first-order valence-electron chi connectivity index (χ1n) is 7.64. The zero-order valence-electron chi connectivity index (χ0n) is 11.7. The zero-order chi connectivity index (χ0) is 13.5. The highest BCUT2D eigenvalue weighted by Gasteiger charge is 2.57. The number of sulfone groups is 1. The molecule has 5 heteroatoms. The Morgan fingerprint density at radius 2 is 2.05 bits per heavy atom. The second-order valence-corrected chi connectivity index (χ2v) is 8.67. The molecule has 2 aliphatic carbocycles. The lowest BCUT2D eigenvalue weighted by molar-refractivity contribution is -0.132. The van der Waals surface area contributed by atoms with Crippen LogP contribution in [0.25, 0.3) is 0 Å². The Bertz CT molecular complexity index is 428. The van der Waals surface area contributed by atoms with Crippen molar-refractivity contribution in [1.29, 1.82) is 0 Å². The van der Waals surface area contributed by atoms with Crippen LogP contribution >= 0.6 is 0 Å². The van der Waals surface area contributed by atoms with Gasteiger partial charge in [-0.2, -0.15) is 0 Å². The molecule has 0 amide bonds. The Morgan fingerprint density at radius 3 is 2.63 bits per heavy atom. The number of ether oxygens (including phenoxy) is 1. The summed E-state index contributed by atoms with van der Waals surface area (Å²) in [4.78, 5) is 0. The van der Waals surface area contributed by atoms with E-state index in [0.29, 0.717) is 29.1 Å². The maximum absolute atomic E-state index is 11.5. The van der Waals surface area contributed by atoms with Crippen molar-refractivity contribution in [1.82, 2.24) is 5.32 Å². The molecule has 0 bridgehead atoms. The van der Waals surface area contributed by atoms with Crippen molar-refractivity contribution in [3.8, 4) is 0 Å². The van der Waals surface area contributed by atoms with Crippen LogP contribution in [-0.4, -0.2) is 44.7 Å². The molecule has 4 nitrogen and oxygen atoms in total. The molecule has 3 unspecified atom stereocenters. The van der Waals surface area contributed by atoms with Gasteiger partial charge < -0.3 is 10.1 Å². The molecular formula is C14H25NO3S. The maximum Gasteiger partial charge on any atom is 0.151 e. The molecule has 3 atom stereocenters. The fourth-order valence-electron chi connectivity index (χ4n) is 4.33. The molecule has 19 heavy (non-hydrogen) atoms. The molecule has 3 rings (SSSR count). The van der Waals surface area contributed by atoms with E-state index in [0.717, 1.165) is 19.4 Å². The van der Waals surface area contributed by atoms with Crippen LogP contribution < -0.4 is 5.32 Å². The highest BCUT2D eigenvalue weighted by molar-refractivity contribution is 7.91. The SMILES string of the molecule is CCOC1CC(NC2CCS(=O)(=O)C2)C12CCCC2. The fourth-order valence-corrected chi connectivity index (χ4v) is 6.02. The van der Waals surface area contributed by atoms with Crippen LogP contribution in [0.2, 0.25) is 0 Å². The minimum atomic E-state index is -2.78. The lowest BCUT2D eigenvalue weighted by Gasteiger charge is -2.55. The highest BCUT2D eigenvalue weighted by Crippen LogP contribution is 2.54. The van der Waals surface area contributed by atoms with Gasteiger partial charge in [0.2, 0.25) is 0 Å². The second kappa shape index (κ2) is 5.01. The Hall–Kier alpha value is -0.130. The largest absolute Gasteiger partial charge is 0.378 e. The lowest BCUT2D eigenvalue weighted by atomic mass is 9.60. The van der Waals surface area contributed by atoms with Gasteiger partial charge in [-0.05, 0) is 32.6 Å². The summed E-state index contributed by atoms with van der Waals surface area (Å²) in [5.74, 6) is 0.693. The molecule has 1 aliphatic heterocycles. The van der Waals surface area contributed by atoms with Gasteiger partial charge in [0.05, 0.1) is 17.6 Å². The first-order chi connectivity index (χ1) is 9.06. The van der Waals surface area contributed by atoms with E-state index in [4.69, 9.17) is 4.74 Å². The van der Waals surface area contributed by atoms with Crippen molar-refractivity contribution in [3.63, 3.8) is 0 Å². The van der Waals surface area contributed by atoms with Crippen molar-refractivity contribution in [3.05, 3.63) is 0 Å². The van der Waals surface area contributed by atoms with E-state index in [2.05, 4.69) is 12.2 Å². The molecule has 110 valence electrons. The summed E-state index contributed by atoms with van der Waals surface area (Å²) in [6.45, 7) is 2.85. The van der Waals surface area contributed by atoms with Crippen LogP contribution in [0, 0.1) is 5.41 Å². The van der Waals surface area contributed by atoms with Crippen molar-refractivity contribution in [2.24, 2.45) is 5.41 Å². The summed E-state index contributed by atoms with van der Waals surface area (Å²) in [6.07, 6.45) is 7.33. The van der Waals surface area contributed by atoms with Gasteiger partial charge in [0.25, 0.3) is 0 Å². The number of rotatable bonds is 4. The Labute approximate surface area is 116 Å². The fraction of sp³-hybridized carbons (Fsp3) is 1.00. The van der Waals surface area contributed by atoms with Gasteiger partial charge in [-0.15, -0.1) is 0 Å². The third kappa shape index (κ3) is 2.45. The summed E-state index contributed by atoms with van der Waals surface area (Å²) in [5, 5.41) is 3.63. The van der Waals surface area contributed by atoms with Crippen LogP contribution in [0.3, 0.4) is 0 Å². The van der Waals surface area contributed by atoms with Crippen LogP contribution in [-0.2, 0) is 14.6 Å². The monoisotopic (exact) mass is 287 g/mol. The van der Waals surface area contributed by atoms with E-state index in [1.54, 1.807) is 0 Å².